The quantitative estimate of drug-likeness (QED) is 0.536. The molecule has 0 aliphatic carbocycles. The number of aliphatic hydroxyl groups excluding tert-OH is 1. The van der Waals surface area contributed by atoms with Crippen molar-refractivity contribution in [3.05, 3.63) is 95.9 Å². The van der Waals surface area contributed by atoms with Gasteiger partial charge in [0.1, 0.15) is 18.1 Å². The Labute approximate surface area is 175 Å². The monoisotopic (exact) mass is 398 g/mol. The van der Waals surface area contributed by atoms with Crippen molar-refractivity contribution < 1.29 is 14.6 Å². The first-order chi connectivity index (χ1) is 14.8. The van der Waals surface area contributed by atoms with Crippen LogP contribution in [0.5, 0.6) is 11.5 Å². The molecule has 0 spiro atoms. The summed E-state index contributed by atoms with van der Waals surface area (Å²) >= 11 is 0. The Bertz CT molecular complexity index is 1160. The van der Waals surface area contributed by atoms with Gasteiger partial charge in [-0.1, -0.05) is 30.3 Å². The van der Waals surface area contributed by atoms with E-state index in [2.05, 4.69) is 16.0 Å². The molecule has 2 aromatic heterocycles. The summed E-state index contributed by atoms with van der Waals surface area (Å²) in [5.41, 5.74) is 3.71. The summed E-state index contributed by atoms with van der Waals surface area (Å²) in [5.74, 6) is 1.37. The number of benzene rings is 2. The molecule has 30 heavy (non-hydrogen) atoms. The largest absolute Gasteiger partial charge is 0.493 e. The predicted octanol–water partition coefficient (Wildman–Crippen LogP) is 4.49. The van der Waals surface area contributed by atoms with Crippen molar-refractivity contribution >= 4 is 10.9 Å². The maximum Gasteiger partial charge on any atom is 0.130 e. The van der Waals surface area contributed by atoms with E-state index in [1.807, 2.05) is 66.9 Å². The number of hydrogen-bond acceptors (Lipinski definition) is 5. The second-order valence-corrected chi connectivity index (χ2v) is 7.56. The summed E-state index contributed by atoms with van der Waals surface area (Å²) < 4.78 is 11.9. The maximum atomic E-state index is 10.8. The fourth-order valence-corrected chi connectivity index (χ4v) is 3.85. The molecule has 4 aromatic rings. The van der Waals surface area contributed by atoms with Crippen LogP contribution in [-0.4, -0.2) is 21.7 Å². The lowest BCUT2D eigenvalue weighted by molar-refractivity contribution is 0.0505. The van der Waals surface area contributed by atoms with Crippen molar-refractivity contribution in [1.82, 2.24) is 9.97 Å². The average Bonchev–Trinajstić information content (AvgIpc) is 2.80. The third-order valence-electron chi connectivity index (χ3n) is 5.47. The van der Waals surface area contributed by atoms with Crippen molar-refractivity contribution in [2.24, 2.45) is 5.92 Å². The molecule has 5 nitrogen and oxygen atoms in total. The number of rotatable bonds is 5. The molecule has 2 atom stereocenters. The highest BCUT2D eigenvalue weighted by Crippen LogP contribution is 2.39. The molecular formula is C25H22N2O3. The van der Waals surface area contributed by atoms with Gasteiger partial charge in [-0.25, -0.2) is 4.98 Å². The summed E-state index contributed by atoms with van der Waals surface area (Å²) in [5, 5.41) is 11.9. The number of hydrogen-bond donors (Lipinski definition) is 1. The molecule has 0 radical (unpaired) electrons. The van der Waals surface area contributed by atoms with Crippen LogP contribution in [-0.2, 0) is 13.0 Å². The first-order valence-electron chi connectivity index (χ1n) is 10.1. The fraction of sp³-hybridized carbons (Fsp3) is 0.200. The van der Waals surface area contributed by atoms with Crippen molar-refractivity contribution in [3.8, 4) is 11.5 Å². The van der Waals surface area contributed by atoms with Crippen LogP contribution in [0.1, 0.15) is 22.9 Å². The van der Waals surface area contributed by atoms with Gasteiger partial charge >= 0.3 is 0 Å². The number of aromatic nitrogens is 2. The molecule has 0 fully saturated rings. The summed E-state index contributed by atoms with van der Waals surface area (Å²) in [6.07, 6.45) is 3.73. The topological polar surface area (TPSA) is 64.5 Å². The van der Waals surface area contributed by atoms with Gasteiger partial charge in [-0.05, 0) is 42.3 Å². The highest BCUT2D eigenvalue weighted by Gasteiger charge is 2.29. The molecule has 0 saturated heterocycles. The van der Waals surface area contributed by atoms with Crippen molar-refractivity contribution in [2.45, 2.75) is 19.1 Å². The van der Waals surface area contributed by atoms with E-state index in [-0.39, 0.29) is 5.92 Å². The van der Waals surface area contributed by atoms with Crippen LogP contribution in [0.4, 0.5) is 0 Å². The van der Waals surface area contributed by atoms with Gasteiger partial charge in [0.2, 0.25) is 0 Å². The SMILES string of the molecule is O[C@@H]1c2ccc(OCc3ccc4ccccc4n3)cc2OC[C@H]1Cc1cccnc1. The molecule has 1 N–H and O–H groups in total. The highest BCUT2D eigenvalue weighted by molar-refractivity contribution is 5.78. The van der Waals surface area contributed by atoms with Gasteiger partial charge in [-0.15, -0.1) is 0 Å². The standard InChI is InChI=1S/C25H22N2O3/c28-25-19(12-17-4-3-11-26-14-17)15-30-24-13-21(9-10-22(24)25)29-16-20-8-7-18-5-1-2-6-23(18)27-20/h1-11,13-14,19,25,28H,12,15-16H2/t19-,25+/m1/s1. The van der Waals surface area contributed by atoms with E-state index < -0.39 is 6.10 Å². The van der Waals surface area contributed by atoms with Gasteiger partial charge in [0.25, 0.3) is 0 Å². The molecule has 5 heteroatoms. The van der Waals surface area contributed by atoms with Crippen LogP contribution in [0, 0.1) is 5.92 Å². The van der Waals surface area contributed by atoms with Crippen LogP contribution in [0.25, 0.3) is 10.9 Å². The molecule has 0 saturated carbocycles. The minimum Gasteiger partial charge on any atom is -0.493 e. The van der Waals surface area contributed by atoms with Gasteiger partial charge in [0.05, 0.1) is 23.9 Å². The molecule has 0 amide bonds. The Morgan fingerprint density at radius 2 is 1.97 bits per heavy atom. The Morgan fingerprint density at radius 3 is 2.87 bits per heavy atom. The lowest BCUT2D eigenvalue weighted by atomic mass is 9.88. The average molecular weight is 398 g/mol. The Morgan fingerprint density at radius 1 is 1.03 bits per heavy atom. The number of ether oxygens (including phenoxy) is 2. The number of pyridine rings is 2. The van der Waals surface area contributed by atoms with Crippen LogP contribution in [0.3, 0.4) is 0 Å². The lowest BCUT2D eigenvalue weighted by Crippen LogP contribution is -2.27. The molecule has 0 bridgehead atoms. The Kier molecular flexibility index (Phi) is 5.03. The summed E-state index contributed by atoms with van der Waals surface area (Å²) in [6, 6.07) is 21.6. The van der Waals surface area contributed by atoms with Gasteiger partial charge in [0.15, 0.2) is 0 Å². The normalized spacial score (nSPS) is 17.9. The van der Waals surface area contributed by atoms with E-state index in [9.17, 15) is 5.11 Å². The first kappa shape index (κ1) is 18.6. The number of para-hydroxylation sites is 1. The van der Waals surface area contributed by atoms with Crippen LogP contribution >= 0.6 is 0 Å². The summed E-state index contributed by atoms with van der Waals surface area (Å²) in [4.78, 5) is 8.79. The number of nitrogens with zero attached hydrogens (tertiary/aromatic N) is 2. The van der Waals surface area contributed by atoms with E-state index in [4.69, 9.17) is 9.47 Å². The molecule has 5 rings (SSSR count). The minimum atomic E-state index is -0.579. The highest BCUT2D eigenvalue weighted by atomic mass is 16.5. The molecule has 3 heterocycles. The van der Waals surface area contributed by atoms with Crippen molar-refractivity contribution in [2.75, 3.05) is 6.61 Å². The van der Waals surface area contributed by atoms with E-state index in [1.165, 1.54) is 0 Å². The zero-order valence-electron chi connectivity index (χ0n) is 16.4. The van der Waals surface area contributed by atoms with E-state index in [0.717, 1.165) is 34.1 Å². The van der Waals surface area contributed by atoms with E-state index in [0.29, 0.717) is 24.7 Å². The fourth-order valence-electron chi connectivity index (χ4n) is 3.85. The van der Waals surface area contributed by atoms with E-state index >= 15 is 0 Å². The van der Waals surface area contributed by atoms with Crippen molar-refractivity contribution in [1.29, 1.82) is 0 Å². The summed E-state index contributed by atoms with van der Waals surface area (Å²) in [6.45, 7) is 0.828. The molecular weight excluding hydrogens is 376 g/mol. The van der Waals surface area contributed by atoms with Gasteiger partial charge in [-0.3, -0.25) is 4.98 Å². The zero-order chi connectivity index (χ0) is 20.3. The summed E-state index contributed by atoms with van der Waals surface area (Å²) in [7, 11) is 0. The van der Waals surface area contributed by atoms with Gasteiger partial charge in [-0.2, -0.15) is 0 Å². The second kappa shape index (κ2) is 8.13. The number of fused-ring (bicyclic) bond motifs is 2. The lowest BCUT2D eigenvalue weighted by Gasteiger charge is -2.30. The molecule has 1 aliphatic heterocycles. The zero-order valence-corrected chi connectivity index (χ0v) is 16.4. The van der Waals surface area contributed by atoms with Crippen molar-refractivity contribution in [3.63, 3.8) is 0 Å². The van der Waals surface area contributed by atoms with Gasteiger partial charge in [0, 0.05) is 35.3 Å². The van der Waals surface area contributed by atoms with Gasteiger partial charge < -0.3 is 14.6 Å². The third kappa shape index (κ3) is 3.84. The molecule has 0 unspecified atom stereocenters. The second-order valence-electron chi connectivity index (χ2n) is 7.56. The molecule has 150 valence electrons. The number of aliphatic hydroxyl groups is 1. The minimum absolute atomic E-state index is 0.00438. The maximum absolute atomic E-state index is 10.8. The van der Waals surface area contributed by atoms with Crippen LogP contribution in [0.2, 0.25) is 0 Å². The Hall–Kier alpha value is -3.44. The smallest absolute Gasteiger partial charge is 0.130 e. The van der Waals surface area contributed by atoms with E-state index in [1.54, 1.807) is 6.20 Å². The molecule has 1 aliphatic rings. The Balaban J connectivity index is 1.27. The van der Waals surface area contributed by atoms with Crippen LogP contribution < -0.4 is 9.47 Å². The van der Waals surface area contributed by atoms with Crippen LogP contribution in [0.15, 0.2) is 79.1 Å². The predicted molar refractivity (Wildman–Crippen MR) is 114 cm³/mol. The molecule has 2 aromatic carbocycles. The first-order valence-corrected chi connectivity index (χ1v) is 10.1. The third-order valence-corrected chi connectivity index (χ3v) is 5.47.